The zero-order valence-corrected chi connectivity index (χ0v) is 34.1. The Bertz CT molecular complexity index is 1810. The van der Waals surface area contributed by atoms with Crippen LogP contribution < -0.4 is 18.9 Å². The number of rotatable bonds is 14. The first-order chi connectivity index (χ1) is 26.8. The number of carbonyl (C=O) groups excluding carboxylic acids is 1. The lowest BCUT2D eigenvalue weighted by Crippen LogP contribution is -2.48. The number of allylic oxidation sites excluding steroid dienone is 1. The van der Waals surface area contributed by atoms with Gasteiger partial charge in [-0.2, -0.15) is 11.3 Å². The van der Waals surface area contributed by atoms with Crippen molar-refractivity contribution in [2.75, 3.05) is 61.3 Å². The molecule has 1 N–H and O–H groups in total. The predicted molar refractivity (Wildman–Crippen MR) is 213 cm³/mol. The van der Waals surface area contributed by atoms with Gasteiger partial charge in [-0.25, -0.2) is 0 Å². The molecule has 1 aromatic heterocycles. The van der Waals surface area contributed by atoms with E-state index < -0.39 is 6.29 Å². The number of nitrogens with zero attached hydrogens (tertiary/aromatic N) is 2. The highest BCUT2D eigenvalue weighted by atomic mass is 32.1. The summed E-state index contributed by atoms with van der Waals surface area (Å²) in [6, 6.07) is 10.7. The third-order valence-electron chi connectivity index (χ3n) is 12.6. The Morgan fingerprint density at radius 3 is 2.22 bits per heavy atom. The highest BCUT2D eigenvalue weighted by molar-refractivity contribution is 7.08. The molecule has 4 aliphatic heterocycles. The summed E-state index contributed by atoms with van der Waals surface area (Å²) in [5, 5.41) is 14.0. The maximum absolute atomic E-state index is 15.1. The lowest BCUT2D eigenvalue weighted by molar-refractivity contribution is -0.171. The number of aliphatic hydroxyl groups excluding tert-OH is 1. The van der Waals surface area contributed by atoms with E-state index >= 15 is 4.79 Å². The van der Waals surface area contributed by atoms with Gasteiger partial charge in [0, 0.05) is 50.7 Å². The number of hydrogen-bond acceptors (Lipinski definition) is 10. The zero-order valence-electron chi connectivity index (χ0n) is 33.3. The quantitative estimate of drug-likeness (QED) is 0.177. The average Bonchev–Trinajstić information content (AvgIpc) is 3.76. The third-order valence-corrected chi connectivity index (χ3v) is 13.3. The molecule has 298 valence electrons. The molecular weight excluding hydrogens is 717 g/mol. The Kier molecular flexibility index (Phi) is 12.6. The first-order valence-electron chi connectivity index (χ1n) is 20.0. The predicted octanol–water partition coefficient (Wildman–Crippen LogP) is 7.69. The van der Waals surface area contributed by atoms with Gasteiger partial charge in [0.1, 0.15) is 0 Å². The number of benzene rings is 2. The summed E-state index contributed by atoms with van der Waals surface area (Å²) < 4.78 is 35.9. The van der Waals surface area contributed by atoms with Crippen molar-refractivity contribution in [2.45, 2.75) is 83.1 Å². The van der Waals surface area contributed by atoms with Crippen molar-refractivity contribution in [3.63, 3.8) is 0 Å². The second-order valence-electron chi connectivity index (χ2n) is 15.3. The van der Waals surface area contributed by atoms with Crippen molar-refractivity contribution < 1.29 is 38.3 Å². The van der Waals surface area contributed by atoms with Crippen LogP contribution in [0.25, 0.3) is 0 Å². The van der Waals surface area contributed by atoms with E-state index in [1.54, 1.807) is 39.8 Å². The molecule has 1 fully saturated rings. The maximum Gasteiger partial charge on any atom is 0.289 e. The molecule has 3 aromatic rings. The average molecular weight is 775 g/mol. The van der Waals surface area contributed by atoms with Crippen LogP contribution in [0.5, 0.6) is 23.0 Å². The number of hydrogen-bond donors (Lipinski definition) is 1. The first-order valence-corrected chi connectivity index (χ1v) is 21.0. The van der Waals surface area contributed by atoms with Crippen LogP contribution in [0.15, 0.2) is 52.9 Å². The molecule has 4 aliphatic rings. The Morgan fingerprint density at radius 1 is 0.909 bits per heavy atom. The van der Waals surface area contributed by atoms with E-state index in [4.69, 9.17) is 28.4 Å². The summed E-state index contributed by atoms with van der Waals surface area (Å²) in [6.07, 6.45) is 7.33. The van der Waals surface area contributed by atoms with Crippen molar-refractivity contribution in [2.24, 2.45) is 17.8 Å². The summed E-state index contributed by atoms with van der Waals surface area (Å²) in [5.41, 5.74) is 6.08. The molecule has 0 bridgehead atoms. The number of carbonyl (C=O) groups is 1. The molecule has 55 heavy (non-hydrogen) atoms. The fourth-order valence-corrected chi connectivity index (χ4v) is 10.5. The second-order valence-corrected chi connectivity index (χ2v) is 16.1. The van der Waals surface area contributed by atoms with Gasteiger partial charge in [0.05, 0.1) is 34.5 Å². The number of aliphatic hydroxyl groups is 1. The van der Waals surface area contributed by atoms with E-state index in [2.05, 4.69) is 57.8 Å². The van der Waals surface area contributed by atoms with Crippen molar-refractivity contribution in [1.29, 1.82) is 0 Å². The molecule has 0 aliphatic carbocycles. The molecule has 0 spiro atoms. The van der Waals surface area contributed by atoms with Crippen LogP contribution in [-0.2, 0) is 27.1 Å². The number of piperidine rings is 1. The largest absolute Gasteiger partial charge is 0.493 e. The van der Waals surface area contributed by atoms with Crippen molar-refractivity contribution in [3.8, 4) is 23.0 Å². The van der Waals surface area contributed by atoms with Crippen molar-refractivity contribution in [1.82, 2.24) is 9.80 Å². The van der Waals surface area contributed by atoms with Gasteiger partial charge in [0.15, 0.2) is 28.8 Å². The molecule has 7 unspecified atom stereocenters. The number of ether oxygens (including phenoxy) is 6. The molecule has 0 radical (unpaired) electrons. The summed E-state index contributed by atoms with van der Waals surface area (Å²) in [7, 11) is 6.75. The topological polar surface area (TPSA) is 99.2 Å². The monoisotopic (exact) mass is 774 g/mol. The minimum atomic E-state index is -0.596. The van der Waals surface area contributed by atoms with E-state index in [1.807, 2.05) is 13.0 Å². The summed E-state index contributed by atoms with van der Waals surface area (Å²) in [6.45, 7) is 7.40. The molecule has 1 saturated heterocycles. The van der Waals surface area contributed by atoms with E-state index in [1.165, 1.54) is 16.7 Å². The van der Waals surface area contributed by atoms with Gasteiger partial charge >= 0.3 is 0 Å². The Hall–Kier alpha value is -3.77. The second kappa shape index (κ2) is 17.6. The lowest BCUT2D eigenvalue weighted by atomic mass is 9.72. The summed E-state index contributed by atoms with van der Waals surface area (Å²) in [5.74, 6) is 3.87. The van der Waals surface area contributed by atoms with E-state index in [0.29, 0.717) is 55.1 Å². The van der Waals surface area contributed by atoms with Gasteiger partial charge in [0.25, 0.3) is 5.91 Å². The summed E-state index contributed by atoms with van der Waals surface area (Å²) in [4.78, 5) is 19.8. The van der Waals surface area contributed by atoms with Gasteiger partial charge in [-0.3, -0.25) is 9.69 Å². The molecule has 2 aromatic carbocycles. The van der Waals surface area contributed by atoms with Gasteiger partial charge in [-0.1, -0.05) is 13.3 Å². The minimum absolute atomic E-state index is 0.0275. The van der Waals surface area contributed by atoms with Crippen LogP contribution in [0, 0.1) is 17.8 Å². The van der Waals surface area contributed by atoms with Crippen molar-refractivity contribution in [3.05, 3.63) is 80.7 Å². The highest BCUT2D eigenvalue weighted by Gasteiger charge is 2.44. The molecular formula is C44H58N2O8S. The molecule has 11 heteroatoms. The van der Waals surface area contributed by atoms with Gasteiger partial charge in [0.2, 0.25) is 6.29 Å². The van der Waals surface area contributed by atoms with Crippen LogP contribution in [0.2, 0.25) is 0 Å². The molecule has 7 atom stereocenters. The minimum Gasteiger partial charge on any atom is -0.493 e. The van der Waals surface area contributed by atoms with Gasteiger partial charge < -0.3 is 38.4 Å². The fraction of sp³-hybridized carbons (Fsp3) is 0.568. The molecule has 10 nitrogen and oxygen atoms in total. The van der Waals surface area contributed by atoms with E-state index in [9.17, 15) is 5.11 Å². The van der Waals surface area contributed by atoms with Crippen LogP contribution in [0.4, 0.5) is 0 Å². The van der Waals surface area contributed by atoms with Crippen LogP contribution >= 0.6 is 11.3 Å². The number of methoxy groups -OCH3 is 4. The maximum atomic E-state index is 15.1. The first kappa shape index (κ1) is 39.5. The smallest absolute Gasteiger partial charge is 0.289 e. The van der Waals surface area contributed by atoms with E-state index in [0.717, 1.165) is 67.8 Å². The Morgan fingerprint density at radius 2 is 1.58 bits per heavy atom. The number of amides is 1. The molecule has 5 heterocycles. The van der Waals surface area contributed by atoms with Gasteiger partial charge in [-0.15, -0.1) is 0 Å². The molecule has 7 rings (SSSR count). The van der Waals surface area contributed by atoms with Crippen LogP contribution in [-0.4, -0.2) is 88.4 Å². The van der Waals surface area contributed by atoms with Crippen LogP contribution in [0.3, 0.4) is 0 Å². The zero-order chi connectivity index (χ0) is 38.6. The standard InChI is InChI=1S/C44H58N2O8S/c1-7-27-25-45-14-11-28-20-38(49-3)40(51-5)23-34(28)36(45)18-31(27)19-37-35-24-41(52-6)39(50-4)21-29(35)12-15-46(37)43(48)42-22-33(30-13-17-55-26-30)32(10-9-16-47)44(54-42)53-8-2/h13,17,20-24,26-27,31-33,36-37,44,47H,7-12,14-16,18-19,25H2,1-6H3. The normalized spacial score (nSPS) is 26.2. The Labute approximate surface area is 330 Å². The third kappa shape index (κ3) is 7.82. The Balaban J connectivity index is 1.26. The van der Waals surface area contributed by atoms with E-state index in [-0.39, 0.29) is 36.4 Å². The summed E-state index contributed by atoms with van der Waals surface area (Å²) >= 11 is 1.65. The number of thiophene rings is 1. The fourth-order valence-electron chi connectivity index (χ4n) is 9.81. The lowest BCUT2D eigenvalue weighted by Gasteiger charge is -2.49. The molecule has 0 saturated carbocycles. The van der Waals surface area contributed by atoms with Crippen molar-refractivity contribution >= 4 is 17.2 Å². The highest BCUT2D eigenvalue weighted by Crippen LogP contribution is 2.50. The SMILES string of the molecule is CCOC1OC(C(=O)N2CCc3cc(OC)c(OC)cc3C2CC2CC3c4cc(OC)c(OC)cc4CCN3CC2CC)=CC(c2ccsc2)C1CCCO. The van der Waals surface area contributed by atoms with Gasteiger partial charge in [-0.05, 0) is 132 Å². The van der Waals surface area contributed by atoms with Crippen LogP contribution in [0.1, 0.15) is 91.8 Å². The number of fused-ring (bicyclic) bond motifs is 4. The molecule has 1 amide bonds.